The van der Waals surface area contributed by atoms with Crippen molar-refractivity contribution >= 4 is 5.97 Å². The lowest BCUT2D eigenvalue weighted by atomic mass is 10.3. The molecular weight excluding hydrogens is 130 g/mol. The van der Waals surface area contributed by atoms with Crippen LogP contribution in [0, 0.1) is 0 Å². The molecule has 0 aliphatic rings. The zero-order chi connectivity index (χ0) is 7.98. The molecule has 0 radical (unpaired) electrons. The first kappa shape index (κ1) is 9.43. The molecule has 0 aliphatic carbocycles. The Kier molecular flexibility index (Phi) is 4.94. The van der Waals surface area contributed by atoms with Gasteiger partial charge in [0, 0.05) is 6.54 Å². The van der Waals surface area contributed by atoms with E-state index in [1.165, 1.54) is 0 Å². The fourth-order valence-electron chi connectivity index (χ4n) is 0.485. The third-order valence-corrected chi connectivity index (χ3v) is 1.26. The van der Waals surface area contributed by atoms with E-state index in [0.29, 0.717) is 13.0 Å². The lowest BCUT2D eigenvalue weighted by Crippen LogP contribution is -2.16. The van der Waals surface area contributed by atoms with Gasteiger partial charge < -0.3 is 10.5 Å². The van der Waals surface area contributed by atoms with Crippen molar-refractivity contribution in [2.45, 2.75) is 32.8 Å². The Labute approximate surface area is 61.5 Å². The second kappa shape index (κ2) is 5.23. The molecule has 0 aromatic rings. The van der Waals surface area contributed by atoms with Gasteiger partial charge in [0.25, 0.3) is 0 Å². The Morgan fingerprint density at radius 2 is 2.30 bits per heavy atom. The predicted molar refractivity (Wildman–Crippen MR) is 39.5 cm³/mol. The molecule has 0 saturated carbocycles. The topological polar surface area (TPSA) is 52.3 Å². The molecule has 1 unspecified atom stereocenters. The molecule has 10 heavy (non-hydrogen) atoms. The van der Waals surface area contributed by atoms with Gasteiger partial charge in [-0.15, -0.1) is 0 Å². The van der Waals surface area contributed by atoms with E-state index in [4.69, 9.17) is 10.5 Å². The number of hydrogen-bond acceptors (Lipinski definition) is 3. The van der Waals surface area contributed by atoms with Gasteiger partial charge in [-0.1, -0.05) is 6.92 Å². The second-order valence-electron chi connectivity index (χ2n) is 2.25. The summed E-state index contributed by atoms with van der Waals surface area (Å²) in [6.45, 7) is 4.21. The maximum atomic E-state index is 10.7. The molecule has 1 atom stereocenters. The van der Waals surface area contributed by atoms with Crippen molar-refractivity contribution in [2.24, 2.45) is 5.73 Å². The van der Waals surface area contributed by atoms with E-state index in [1.54, 1.807) is 0 Å². The molecule has 0 amide bonds. The van der Waals surface area contributed by atoms with E-state index in [-0.39, 0.29) is 12.1 Å². The van der Waals surface area contributed by atoms with E-state index in [0.717, 1.165) is 6.42 Å². The largest absolute Gasteiger partial charge is 0.463 e. The highest BCUT2D eigenvalue weighted by molar-refractivity contribution is 5.69. The average Bonchev–Trinajstić information content (AvgIpc) is 1.88. The van der Waals surface area contributed by atoms with Crippen LogP contribution in [0.15, 0.2) is 0 Å². The van der Waals surface area contributed by atoms with Gasteiger partial charge in [-0.05, 0) is 13.3 Å². The third-order valence-electron chi connectivity index (χ3n) is 1.26. The van der Waals surface area contributed by atoms with E-state index in [9.17, 15) is 4.79 Å². The van der Waals surface area contributed by atoms with Gasteiger partial charge in [0.1, 0.15) is 0 Å². The lowest BCUT2D eigenvalue weighted by Gasteiger charge is -2.09. The molecule has 2 N–H and O–H groups in total. The quantitative estimate of drug-likeness (QED) is 0.592. The maximum Gasteiger partial charge on any atom is 0.307 e. The maximum absolute atomic E-state index is 10.7. The molecule has 0 bridgehead atoms. The van der Waals surface area contributed by atoms with Gasteiger partial charge >= 0.3 is 5.97 Å². The van der Waals surface area contributed by atoms with Gasteiger partial charge in [-0.3, -0.25) is 4.79 Å². The molecular formula is C7H15NO2. The van der Waals surface area contributed by atoms with E-state index in [1.807, 2.05) is 13.8 Å². The number of hydrogen-bond donors (Lipinski definition) is 1. The highest BCUT2D eigenvalue weighted by Crippen LogP contribution is 1.97. The molecule has 0 spiro atoms. The van der Waals surface area contributed by atoms with Crippen molar-refractivity contribution in [3.8, 4) is 0 Å². The van der Waals surface area contributed by atoms with Crippen LogP contribution < -0.4 is 5.73 Å². The van der Waals surface area contributed by atoms with Crippen LogP contribution in [0.5, 0.6) is 0 Å². The van der Waals surface area contributed by atoms with E-state index < -0.39 is 0 Å². The molecule has 0 aromatic carbocycles. The fourth-order valence-corrected chi connectivity index (χ4v) is 0.485. The van der Waals surface area contributed by atoms with Crippen molar-refractivity contribution in [3.63, 3.8) is 0 Å². The Morgan fingerprint density at radius 3 is 2.70 bits per heavy atom. The van der Waals surface area contributed by atoms with Crippen LogP contribution in [-0.4, -0.2) is 18.6 Å². The number of carbonyl (C=O) groups is 1. The standard InChI is InChI=1S/C7H15NO2/c1-3-6(2)10-7(9)4-5-8/h6H,3-5,8H2,1-2H3. The van der Waals surface area contributed by atoms with Gasteiger partial charge in [0.15, 0.2) is 0 Å². The molecule has 3 heteroatoms. The summed E-state index contributed by atoms with van der Waals surface area (Å²) in [6, 6.07) is 0. The molecule has 0 fully saturated rings. The number of rotatable bonds is 4. The summed E-state index contributed by atoms with van der Waals surface area (Å²) in [7, 11) is 0. The van der Waals surface area contributed by atoms with Gasteiger partial charge in [-0.2, -0.15) is 0 Å². The Bertz CT molecular complexity index is 104. The van der Waals surface area contributed by atoms with E-state index in [2.05, 4.69) is 0 Å². The van der Waals surface area contributed by atoms with Crippen LogP contribution in [0.2, 0.25) is 0 Å². The van der Waals surface area contributed by atoms with Crippen molar-refractivity contribution in [1.29, 1.82) is 0 Å². The first-order valence-corrected chi connectivity index (χ1v) is 3.60. The van der Waals surface area contributed by atoms with Crippen LogP contribution >= 0.6 is 0 Å². The lowest BCUT2D eigenvalue weighted by molar-refractivity contribution is -0.148. The first-order valence-electron chi connectivity index (χ1n) is 3.60. The minimum absolute atomic E-state index is 0.0269. The Morgan fingerprint density at radius 1 is 1.70 bits per heavy atom. The Balaban J connectivity index is 3.37. The summed E-state index contributed by atoms with van der Waals surface area (Å²) in [6.07, 6.45) is 1.21. The van der Waals surface area contributed by atoms with Crippen LogP contribution in [0.25, 0.3) is 0 Å². The van der Waals surface area contributed by atoms with Gasteiger partial charge in [-0.25, -0.2) is 0 Å². The summed E-state index contributed by atoms with van der Waals surface area (Å²) in [5.41, 5.74) is 5.15. The van der Waals surface area contributed by atoms with Crippen molar-refractivity contribution in [3.05, 3.63) is 0 Å². The average molecular weight is 145 g/mol. The summed E-state index contributed by atoms with van der Waals surface area (Å²) in [5, 5.41) is 0. The highest BCUT2D eigenvalue weighted by Gasteiger charge is 2.04. The zero-order valence-corrected chi connectivity index (χ0v) is 6.59. The fraction of sp³-hybridized carbons (Fsp3) is 0.857. The zero-order valence-electron chi connectivity index (χ0n) is 6.59. The summed E-state index contributed by atoms with van der Waals surface area (Å²) in [4.78, 5) is 10.7. The minimum atomic E-state index is -0.197. The van der Waals surface area contributed by atoms with Gasteiger partial charge in [0.2, 0.25) is 0 Å². The SMILES string of the molecule is CCC(C)OC(=O)CCN. The number of ether oxygens (including phenoxy) is 1. The van der Waals surface area contributed by atoms with Crippen molar-refractivity contribution in [2.75, 3.05) is 6.54 Å². The Hall–Kier alpha value is -0.570. The smallest absolute Gasteiger partial charge is 0.307 e. The number of nitrogens with two attached hydrogens (primary N) is 1. The monoisotopic (exact) mass is 145 g/mol. The molecule has 0 saturated heterocycles. The van der Waals surface area contributed by atoms with Crippen molar-refractivity contribution in [1.82, 2.24) is 0 Å². The molecule has 0 aromatic heterocycles. The number of carbonyl (C=O) groups excluding carboxylic acids is 1. The van der Waals surface area contributed by atoms with Crippen LogP contribution in [-0.2, 0) is 9.53 Å². The van der Waals surface area contributed by atoms with E-state index >= 15 is 0 Å². The first-order chi connectivity index (χ1) is 4.70. The van der Waals surface area contributed by atoms with Gasteiger partial charge in [0.05, 0.1) is 12.5 Å². The number of esters is 1. The highest BCUT2D eigenvalue weighted by atomic mass is 16.5. The molecule has 0 rings (SSSR count). The molecule has 0 heterocycles. The summed E-state index contributed by atoms with van der Waals surface area (Å²) < 4.78 is 4.92. The summed E-state index contributed by atoms with van der Waals surface area (Å²) in [5.74, 6) is -0.197. The minimum Gasteiger partial charge on any atom is -0.463 e. The van der Waals surface area contributed by atoms with Crippen LogP contribution in [0.1, 0.15) is 26.7 Å². The third kappa shape index (κ3) is 4.32. The normalized spacial score (nSPS) is 12.7. The summed E-state index contributed by atoms with van der Waals surface area (Å²) >= 11 is 0. The molecule has 3 nitrogen and oxygen atoms in total. The predicted octanol–water partition coefficient (Wildman–Crippen LogP) is 0.677. The molecule has 0 aliphatic heterocycles. The van der Waals surface area contributed by atoms with Crippen LogP contribution in [0.4, 0.5) is 0 Å². The molecule has 60 valence electrons. The van der Waals surface area contributed by atoms with Crippen LogP contribution in [0.3, 0.4) is 0 Å². The second-order valence-corrected chi connectivity index (χ2v) is 2.25. The van der Waals surface area contributed by atoms with Crippen molar-refractivity contribution < 1.29 is 9.53 Å².